The average Bonchev–Trinajstić information content (AvgIpc) is 1.80. The molecule has 0 aromatic rings. The maximum Gasteiger partial charge on any atom is 0.0146 e. The fraction of sp³-hybridized carbons (Fsp3) is 0.667. The van der Waals surface area contributed by atoms with Crippen LogP contribution < -0.4 is 0 Å². The zero-order valence-corrected chi connectivity index (χ0v) is 6.41. The first-order chi connectivity index (χ1) is 4.27. The molecule has 0 saturated heterocycles. The van der Waals surface area contributed by atoms with E-state index in [0.717, 1.165) is 19.3 Å². The van der Waals surface area contributed by atoms with Gasteiger partial charge in [-0.1, -0.05) is 27.2 Å². The van der Waals surface area contributed by atoms with Crippen molar-refractivity contribution in [3.05, 3.63) is 6.92 Å². The monoisotopic (exact) mass is 123 g/mol. The van der Waals surface area contributed by atoms with E-state index < -0.39 is 0 Å². The number of rotatable bonds is 2. The molecule has 0 nitrogen and oxygen atoms in total. The molecule has 0 atom stereocenters. The molecule has 0 bridgehead atoms. The molecule has 0 aliphatic carbocycles. The minimum atomic E-state index is 0.523. The Hall–Kier alpha value is -0.440. The molecule has 0 fully saturated rings. The Bertz CT molecular complexity index is 101. The number of hydrogen-bond donors (Lipinski definition) is 0. The molecule has 0 heterocycles. The van der Waals surface area contributed by atoms with Crippen LogP contribution in [0.2, 0.25) is 0 Å². The highest BCUT2D eigenvalue weighted by molar-refractivity contribution is 5.00. The summed E-state index contributed by atoms with van der Waals surface area (Å²) in [6, 6.07) is 0. The van der Waals surface area contributed by atoms with Gasteiger partial charge in [0.2, 0.25) is 0 Å². The van der Waals surface area contributed by atoms with Crippen LogP contribution in [0.4, 0.5) is 0 Å². The summed E-state index contributed by atoms with van der Waals surface area (Å²) in [7, 11) is 0. The largest absolute Gasteiger partial charge is 0.103 e. The van der Waals surface area contributed by atoms with E-state index in [1.165, 1.54) is 0 Å². The lowest BCUT2D eigenvalue weighted by atomic mass is 10.2. The third kappa shape index (κ3) is 7.56. The molecule has 0 aliphatic heterocycles. The molecule has 51 valence electrons. The van der Waals surface area contributed by atoms with Gasteiger partial charge in [0, 0.05) is 12.3 Å². The molecule has 0 aromatic heterocycles. The van der Waals surface area contributed by atoms with E-state index in [0.29, 0.717) is 5.92 Å². The van der Waals surface area contributed by atoms with Crippen LogP contribution in [-0.2, 0) is 0 Å². The van der Waals surface area contributed by atoms with Crippen LogP contribution in [0.25, 0.3) is 0 Å². The highest BCUT2D eigenvalue weighted by Crippen LogP contribution is 1.92. The van der Waals surface area contributed by atoms with Crippen LogP contribution in [0.15, 0.2) is 0 Å². The van der Waals surface area contributed by atoms with Gasteiger partial charge >= 0.3 is 0 Å². The van der Waals surface area contributed by atoms with Crippen LogP contribution in [-0.4, -0.2) is 0 Å². The first kappa shape index (κ1) is 8.56. The van der Waals surface area contributed by atoms with E-state index in [9.17, 15) is 0 Å². The van der Waals surface area contributed by atoms with Crippen LogP contribution in [0.5, 0.6) is 0 Å². The van der Waals surface area contributed by atoms with Crippen molar-refractivity contribution in [2.24, 2.45) is 5.92 Å². The Morgan fingerprint density at radius 2 is 2.11 bits per heavy atom. The van der Waals surface area contributed by atoms with Gasteiger partial charge in [-0.2, -0.15) is 0 Å². The first-order valence-corrected chi connectivity index (χ1v) is 3.55. The number of hydrogen-bond acceptors (Lipinski definition) is 0. The second kappa shape index (κ2) is 5.69. The van der Waals surface area contributed by atoms with Crippen LogP contribution in [0, 0.1) is 24.7 Å². The molecular weight excluding hydrogens is 108 g/mol. The van der Waals surface area contributed by atoms with Crippen molar-refractivity contribution in [2.75, 3.05) is 0 Å². The van der Waals surface area contributed by atoms with Gasteiger partial charge in [-0.3, -0.25) is 0 Å². The summed E-state index contributed by atoms with van der Waals surface area (Å²) in [6.07, 6.45) is 3.16. The third-order valence-corrected chi connectivity index (χ3v) is 0.943. The summed E-state index contributed by atoms with van der Waals surface area (Å²) in [5, 5.41) is 0. The minimum absolute atomic E-state index is 0.523. The molecule has 0 N–H and O–H groups in total. The van der Waals surface area contributed by atoms with E-state index in [2.05, 4.69) is 32.6 Å². The zero-order valence-electron chi connectivity index (χ0n) is 6.41. The Labute approximate surface area is 58.7 Å². The second-order valence-corrected chi connectivity index (χ2v) is 2.43. The molecule has 0 spiro atoms. The summed E-state index contributed by atoms with van der Waals surface area (Å²) >= 11 is 0. The highest BCUT2D eigenvalue weighted by atomic mass is 13.8. The van der Waals surface area contributed by atoms with Gasteiger partial charge in [-0.15, -0.1) is 11.8 Å². The van der Waals surface area contributed by atoms with Crippen molar-refractivity contribution in [1.82, 2.24) is 0 Å². The topological polar surface area (TPSA) is 0 Å². The van der Waals surface area contributed by atoms with Crippen molar-refractivity contribution in [1.29, 1.82) is 0 Å². The lowest BCUT2D eigenvalue weighted by Gasteiger charge is -1.87. The van der Waals surface area contributed by atoms with Crippen molar-refractivity contribution in [3.63, 3.8) is 0 Å². The lowest BCUT2D eigenvalue weighted by Crippen LogP contribution is -1.77. The van der Waals surface area contributed by atoms with E-state index in [-0.39, 0.29) is 0 Å². The van der Waals surface area contributed by atoms with Crippen molar-refractivity contribution in [3.8, 4) is 11.8 Å². The van der Waals surface area contributed by atoms with Gasteiger partial charge in [-0.25, -0.2) is 0 Å². The molecule has 0 aromatic carbocycles. The molecule has 0 aliphatic rings. The van der Waals surface area contributed by atoms with Gasteiger partial charge in [0.05, 0.1) is 0 Å². The molecule has 0 heteroatoms. The van der Waals surface area contributed by atoms with Gasteiger partial charge in [0.15, 0.2) is 0 Å². The van der Waals surface area contributed by atoms with Crippen molar-refractivity contribution >= 4 is 0 Å². The molecule has 0 amide bonds. The normalized spacial score (nSPS) is 8.89. The first-order valence-electron chi connectivity index (χ1n) is 3.55. The molecule has 0 unspecified atom stereocenters. The summed E-state index contributed by atoms with van der Waals surface area (Å²) in [5.41, 5.74) is 0. The van der Waals surface area contributed by atoms with Crippen LogP contribution in [0.3, 0.4) is 0 Å². The van der Waals surface area contributed by atoms with E-state index in [4.69, 9.17) is 0 Å². The maximum absolute atomic E-state index is 3.73. The number of unbranched alkanes of at least 4 members (excludes halogenated alkanes) is 2. The Morgan fingerprint density at radius 1 is 1.44 bits per heavy atom. The fourth-order valence-electron chi connectivity index (χ4n) is 0.490. The SMILES string of the molecule is [CH2]CCCC#CC(C)C. The average molecular weight is 123 g/mol. The van der Waals surface area contributed by atoms with Crippen molar-refractivity contribution in [2.45, 2.75) is 33.1 Å². The van der Waals surface area contributed by atoms with Gasteiger partial charge < -0.3 is 0 Å². The molecule has 9 heavy (non-hydrogen) atoms. The van der Waals surface area contributed by atoms with Gasteiger partial charge in [0.1, 0.15) is 0 Å². The third-order valence-electron chi connectivity index (χ3n) is 0.943. The van der Waals surface area contributed by atoms with Crippen LogP contribution >= 0.6 is 0 Å². The summed E-state index contributed by atoms with van der Waals surface area (Å²) in [6.45, 7) is 7.95. The molecular formula is C9H15. The predicted octanol–water partition coefficient (Wildman–Crippen LogP) is 2.65. The minimum Gasteiger partial charge on any atom is -0.103 e. The maximum atomic E-state index is 3.73. The lowest BCUT2D eigenvalue weighted by molar-refractivity contribution is 0.850. The second-order valence-electron chi connectivity index (χ2n) is 2.43. The fourth-order valence-corrected chi connectivity index (χ4v) is 0.490. The zero-order chi connectivity index (χ0) is 7.11. The molecule has 1 radical (unpaired) electrons. The Balaban J connectivity index is 3.16. The van der Waals surface area contributed by atoms with E-state index in [1.807, 2.05) is 0 Å². The predicted molar refractivity (Wildman–Crippen MR) is 41.8 cm³/mol. The highest BCUT2D eigenvalue weighted by Gasteiger charge is 1.80. The van der Waals surface area contributed by atoms with Crippen molar-refractivity contribution < 1.29 is 0 Å². The van der Waals surface area contributed by atoms with Gasteiger partial charge in [-0.05, 0) is 6.42 Å². The van der Waals surface area contributed by atoms with Gasteiger partial charge in [0.25, 0.3) is 0 Å². The van der Waals surface area contributed by atoms with E-state index in [1.54, 1.807) is 0 Å². The van der Waals surface area contributed by atoms with Crippen LogP contribution in [0.1, 0.15) is 33.1 Å². The summed E-state index contributed by atoms with van der Waals surface area (Å²) < 4.78 is 0. The summed E-state index contributed by atoms with van der Waals surface area (Å²) in [5.74, 6) is 6.72. The Morgan fingerprint density at radius 3 is 2.56 bits per heavy atom. The molecule has 0 rings (SSSR count). The standard InChI is InChI=1S/C9H15/c1-4-5-6-7-8-9(2)3/h9H,1,4-6H2,2-3H3. The summed E-state index contributed by atoms with van der Waals surface area (Å²) in [4.78, 5) is 0. The Kier molecular flexibility index (Phi) is 5.41. The molecule has 0 saturated carbocycles. The van der Waals surface area contributed by atoms with E-state index >= 15 is 0 Å². The quantitative estimate of drug-likeness (QED) is 0.391. The smallest absolute Gasteiger partial charge is 0.0146 e.